The van der Waals surface area contributed by atoms with Gasteiger partial charge in [0.15, 0.2) is 11.5 Å². The van der Waals surface area contributed by atoms with E-state index in [1.807, 2.05) is 12.1 Å². The van der Waals surface area contributed by atoms with Crippen LogP contribution in [0.2, 0.25) is 0 Å². The van der Waals surface area contributed by atoms with Crippen LogP contribution in [0, 0.1) is 5.92 Å². The molecule has 0 radical (unpaired) electrons. The Labute approximate surface area is 149 Å². The average Bonchev–Trinajstić information content (AvgIpc) is 3.24. The van der Waals surface area contributed by atoms with E-state index >= 15 is 0 Å². The lowest BCUT2D eigenvalue weighted by atomic mass is 9.62. The first kappa shape index (κ1) is 14.3. The number of ketones is 1. The maximum Gasteiger partial charge on any atom is 0.230 e. The van der Waals surface area contributed by atoms with Crippen LogP contribution < -0.4 is 4.90 Å². The molecule has 2 aromatic rings. The van der Waals surface area contributed by atoms with E-state index in [4.69, 9.17) is 4.74 Å². The van der Waals surface area contributed by atoms with Gasteiger partial charge in [0, 0.05) is 35.1 Å². The van der Waals surface area contributed by atoms with Crippen LogP contribution in [0.3, 0.4) is 0 Å². The molecule has 3 atom stereocenters. The van der Waals surface area contributed by atoms with Gasteiger partial charge in [-0.05, 0) is 12.1 Å². The first-order chi connectivity index (χ1) is 12.6. The Morgan fingerprint density at radius 3 is 2.77 bits per heavy atom. The van der Waals surface area contributed by atoms with E-state index in [-0.39, 0.29) is 11.7 Å². The molecule has 1 fully saturated rings. The molecule has 26 heavy (non-hydrogen) atoms. The van der Waals surface area contributed by atoms with E-state index < -0.39 is 17.2 Å². The summed E-state index contributed by atoms with van der Waals surface area (Å²) in [6.45, 7) is 0. The zero-order chi connectivity index (χ0) is 17.7. The van der Waals surface area contributed by atoms with Crippen molar-refractivity contribution in [1.82, 2.24) is 0 Å². The SMILES string of the molecule is O=C1c2ccccc2[C@@]2(O)c3c1cccc3N1C(=O)CC[C@@]13OC=C[C@@H]23. The maximum absolute atomic E-state index is 13.1. The Hall–Kier alpha value is -2.92. The number of aliphatic hydroxyl groups is 1. The minimum atomic E-state index is -1.41. The van der Waals surface area contributed by atoms with Crippen LogP contribution >= 0.6 is 0 Å². The zero-order valence-corrected chi connectivity index (χ0v) is 13.8. The van der Waals surface area contributed by atoms with Crippen molar-refractivity contribution in [2.24, 2.45) is 5.92 Å². The predicted molar refractivity (Wildman–Crippen MR) is 92.5 cm³/mol. The lowest BCUT2D eigenvalue weighted by Gasteiger charge is -2.53. The molecule has 1 amide bonds. The van der Waals surface area contributed by atoms with Crippen LogP contribution in [-0.2, 0) is 15.1 Å². The van der Waals surface area contributed by atoms with E-state index in [2.05, 4.69) is 0 Å². The highest BCUT2D eigenvalue weighted by Crippen LogP contribution is 2.61. The van der Waals surface area contributed by atoms with Crippen LogP contribution in [-0.4, -0.2) is 22.5 Å². The fraction of sp³-hybridized carbons (Fsp3) is 0.238. The highest BCUT2D eigenvalue weighted by molar-refractivity contribution is 6.15. The Kier molecular flexibility index (Phi) is 2.33. The number of hydrogen-bond acceptors (Lipinski definition) is 4. The summed E-state index contributed by atoms with van der Waals surface area (Å²) >= 11 is 0. The average molecular weight is 345 g/mol. The summed E-state index contributed by atoms with van der Waals surface area (Å²) in [5.74, 6) is -0.631. The van der Waals surface area contributed by atoms with Crippen molar-refractivity contribution < 1.29 is 19.4 Å². The van der Waals surface area contributed by atoms with E-state index in [0.29, 0.717) is 40.8 Å². The fourth-order valence-corrected chi connectivity index (χ4v) is 5.32. The zero-order valence-electron chi connectivity index (χ0n) is 13.8. The van der Waals surface area contributed by atoms with Crippen LogP contribution in [0.25, 0.3) is 0 Å². The molecule has 3 heterocycles. The number of rotatable bonds is 0. The van der Waals surface area contributed by atoms with Crippen LogP contribution in [0.5, 0.6) is 0 Å². The van der Waals surface area contributed by atoms with E-state index in [1.165, 1.54) is 0 Å². The molecule has 1 aliphatic carbocycles. The molecule has 128 valence electrons. The Morgan fingerprint density at radius 1 is 1.08 bits per heavy atom. The van der Waals surface area contributed by atoms with Gasteiger partial charge in [0.05, 0.1) is 17.9 Å². The van der Waals surface area contributed by atoms with Crippen molar-refractivity contribution in [3.63, 3.8) is 0 Å². The van der Waals surface area contributed by atoms with Crippen molar-refractivity contribution in [2.45, 2.75) is 24.2 Å². The molecule has 1 spiro atoms. The quantitative estimate of drug-likeness (QED) is 0.796. The molecular formula is C21H15NO4. The van der Waals surface area contributed by atoms with Gasteiger partial charge >= 0.3 is 0 Å². The minimum Gasteiger partial charge on any atom is -0.475 e. The van der Waals surface area contributed by atoms with Crippen molar-refractivity contribution in [3.05, 3.63) is 77.1 Å². The normalized spacial score (nSPS) is 32.7. The second-order valence-corrected chi connectivity index (χ2v) is 7.34. The summed E-state index contributed by atoms with van der Waals surface area (Å²) in [6.07, 6.45) is 4.27. The smallest absolute Gasteiger partial charge is 0.230 e. The van der Waals surface area contributed by atoms with Gasteiger partial charge in [-0.3, -0.25) is 14.5 Å². The number of carbonyl (C=O) groups excluding carboxylic acids is 2. The lowest BCUT2D eigenvalue weighted by molar-refractivity contribution is -0.122. The monoisotopic (exact) mass is 345 g/mol. The third kappa shape index (κ3) is 1.29. The third-order valence-corrected chi connectivity index (χ3v) is 6.30. The van der Waals surface area contributed by atoms with Gasteiger partial charge in [0.1, 0.15) is 5.60 Å². The number of benzene rings is 2. The second kappa shape index (κ2) is 4.24. The van der Waals surface area contributed by atoms with Gasteiger partial charge in [-0.15, -0.1) is 0 Å². The number of anilines is 1. The second-order valence-electron chi connectivity index (χ2n) is 7.34. The van der Waals surface area contributed by atoms with Gasteiger partial charge in [0.25, 0.3) is 0 Å². The van der Waals surface area contributed by atoms with Crippen molar-refractivity contribution in [2.75, 3.05) is 4.90 Å². The third-order valence-electron chi connectivity index (χ3n) is 6.30. The van der Waals surface area contributed by atoms with Gasteiger partial charge in [-0.2, -0.15) is 0 Å². The molecule has 0 saturated carbocycles. The predicted octanol–water partition coefficient (Wildman–Crippen LogP) is 2.46. The van der Waals surface area contributed by atoms with Gasteiger partial charge < -0.3 is 9.84 Å². The molecule has 1 N–H and O–H groups in total. The van der Waals surface area contributed by atoms with E-state index in [0.717, 1.165) is 0 Å². The molecule has 4 aliphatic rings. The number of hydrogen-bond donors (Lipinski definition) is 1. The fourth-order valence-electron chi connectivity index (χ4n) is 5.32. The largest absolute Gasteiger partial charge is 0.475 e. The van der Waals surface area contributed by atoms with Crippen LogP contribution in [0.15, 0.2) is 54.8 Å². The highest BCUT2D eigenvalue weighted by Gasteiger charge is 2.67. The lowest BCUT2D eigenvalue weighted by Crippen LogP contribution is -2.62. The summed E-state index contributed by atoms with van der Waals surface area (Å²) < 4.78 is 5.98. The standard InChI is InChI=1S/C21H15NO4/c23-17-8-10-20-16(9-11-26-20)21(25)14-6-2-1-4-12(14)19(24)13-5-3-7-15(18(13)21)22(17)20/h1-7,9,11,16,25H,8,10H2/t16-,20+,21+/m1/s1. The van der Waals surface area contributed by atoms with E-state index in [9.17, 15) is 14.7 Å². The number of fused-ring (bicyclic) bond motifs is 4. The van der Waals surface area contributed by atoms with Crippen LogP contribution in [0.4, 0.5) is 5.69 Å². The van der Waals surface area contributed by atoms with Gasteiger partial charge in [-0.25, -0.2) is 0 Å². The van der Waals surface area contributed by atoms with Crippen molar-refractivity contribution in [3.8, 4) is 0 Å². The minimum absolute atomic E-state index is 0.0412. The molecular weight excluding hydrogens is 330 g/mol. The number of nitrogens with zero attached hydrogens (tertiary/aromatic N) is 1. The Bertz CT molecular complexity index is 1060. The molecule has 2 aromatic carbocycles. The summed E-state index contributed by atoms with van der Waals surface area (Å²) in [5.41, 5.74) is 0.314. The van der Waals surface area contributed by atoms with Crippen molar-refractivity contribution in [1.29, 1.82) is 0 Å². The van der Waals surface area contributed by atoms with E-state index in [1.54, 1.807) is 47.6 Å². The summed E-state index contributed by atoms with van der Waals surface area (Å²) in [5, 5.41) is 12.1. The Balaban J connectivity index is 1.79. The molecule has 6 rings (SSSR count). The van der Waals surface area contributed by atoms with Gasteiger partial charge in [-0.1, -0.05) is 36.4 Å². The van der Waals surface area contributed by atoms with Gasteiger partial charge in [0.2, 0.25) is 5.91 Å². The first-order valence-corrected chi connectivity index (χ1v) is 8.76. The molecule has 5 heteroatoms. The number of amides is 1. The Morgan fingerprint density at radius 2 is 1.88 bits per heavy atom. The molecule has 0 unspecified atom stereocenters. The summed E-state index contributed by atoms with van der Waals surface area (Å²) in [7, 11) is 0. The molecule has 3 aliphatic heterocycles. The van der Waals surface area contributed by atoms with Crippen LogP contribution in [0.1, 0.15) is 39.9 Å². The molecule has 1 saturated heterocycles. The molecule has 5 nitrogen and oxygen atoms in total. The number of ether oxygens (including phenoxy) is 1. The summed E-state index contributed by atoms with van der Waals surface area (Å²) in [6, 6.07) is 12.5. The maximum atomic E-state index is 13.1. The molecule has 0 aromatic heterocycles. The topological polar surface area (TPSA) is 66.8 Å². The highest BCUT2D eigenvalue weighted by atomic mass is 16.5. The molecule has 0 bridgehead atoms. The summed E-state index contributed by atoms with van der Waals surface area (Å²) in [4.78, 5) is 27.5. The first-order valence-electron chi connectivity index (χ1n) is 8.76. The van der Waals surface area contributed by atoms with Crippen molar-refractivity contribution >= 4 is 17.4 Å². The number of carbonyl (C=O) groups is 2.